The number of hydrogen-bond acceptors (Lipinski definition) is 9. The Hall–Kier alpha value is -4.07. The van der Waals surface area contributed by atoms with Crippen LogP contribution >= 0.6 is 11.6 Å². The van der Waals surface area contributed by atoms with Crippen molar-refractivity contribution in [3.8, 4) is 22.9 Å². The number of ether oxygens (including phenoxy) is 3. The van der Waals surface area contributed by atoms with Crippen LogP contribution in [0.3, 0.4) is 0 Å². The number of rotatable bonds is 10. The molecule has 0 saturated heterocycles. The fourth-order valence-electron chi connectivity index (χ4n) is 3.71. The first-order valence-corrected chi connectivity index (χ1v) is 11.4. The molecule has 0 aliphatic carbocycles. The van der Waals surface area contributed by atoms with Gasteiger partial charge in [-0.1, -0.05) is 11.6 Å². The highest BCUT2D eigenvalue weighted by atomic mass is 35.5. The lowest BCUT2D eigenvalue weighted by molar-refractivity contribution is 0.101. The monoisotopic (exact) mass is 550 g/mol. The molecule has 0 atom stereocenters. The first kappa shape index (κ1) is 27.0. The summed E-state index contributed by atoms with van der Waals surface area (Å²) in [6.07, 6.45) is 0. The van der Waals surface area contributed by atoms with Crippen molar-refractivity contribution >= 4 is 28.5 Å². The minimum atomic E-state index is -1.17. The average Bonchev–Trinajstić information content (AvgIpc) is 3.23. The summed E-state index contributed by atoms with van der Waals surface area (Å²) >= 11 is 6.47. The molecule has 0 fully saturated rings. The molecule has 3 N–H and O–H groups in total. The summed E-state index contributed by atoms with van der Waals surface area (Å²) in [6, 6.07) is 4.74. The molecule has 2 aromatic heterocycles. The Kier molecular flexibility index (Phi) is 7.90. The van der Waals surface area contributed by atoms with Gasteiger partial charge in [-0.15, -0.1) is 0 Å². The molecule has 2 aromatic carbocycles. The molecule has 0 bridgehead atoms. The van der Waals surface area contributed by atoms with E-state index >= 15 is 0 Å². The Bertz CT molecular complexity index is 1590. The fourth-order valence-corrected chi connectivity index (χ4v) is 3.94. The Morgan fingerprint density at radius 3 is 2.53 bits per heavy atom. The molecule has 2 heterocycles. The van der Waals surface area contributed by atoms with Gasteiger partial charge in [-0.2, -0.15) is 0 Å². The summed E-state index contributed by atoms with van der Waals surface area (Å²) in [5, 5.41) is 18.7. The summed E-state index contributed by atoms with van der Waals surface area (Å²) in [7, 11) is 1.29. The molecular formula is C24H21ClF2N4O7. The number of carbonyl (C=O) groups excluding carboxylic acids is 1. The van der Waals surface area contributed by atoms with Crippen LogP contribution in [0.5, 0.6) is 17.2 Å². The Balaban J connectivity index is 1.87. The molecule has 0 saturated carbocycles. The molecule has 38 heavy (non-hydrogen) atoms. The molecular weight excluding hydrogens is 530 g/mol. The first-order valence-electron chi connectivity index (χ1n) is 11.0. The summed E-state index contributed by atoms with van der Waals surface area (Å²) in [5.41, 5.74) is -1.06. The minimum absolute atomic E-state index is 0.0173. The quantitative estimate of drug-likeness (QED) is 0.253. The van der Waals surface area contributed by atoms with Crippen LogP contribution in [0.1, 0.15) is 28.8 Å². The third-order valence-corrected chi connectivity index (χ3v) is 5.71. The summed E-state index contributed by atoms with van der Waals surface area (Å²) in [6.45, 7) is -0.359. The fraction of sp³-hybridized carbons (Fsp3) is 0.250. The number of aliphatic hydroxyl groups is 2. The van der Waals surface area contributed by atoms with Crippen molar-refractivity contribution in [2.24, 2.45) is 0 Å². The van der Waals surface area contributed by atoms with Gasteiger partial charge in [0.25, 0.3) is 0 Å². The van der Waals surface area contributed by atoms with E-state index in [0.29, 0.717) is 0 Å². The predicted octanol–water partition coefficient (Wildman–Crippen LogP) is 2.69. The van der Waals surface area contributed by atoms with Gasteiger partial charge in [-0.25, -0.2) is 28.1 Å². The maximum atomic E-state index is 14.5. The molecule has 0 unspecified atom stereocenters. The maximum absolute atomic E-state index is 14.5. The van der Waals surface area contributed by atoms with Crippen LogP contribution in [0, 0.1) is 11.6 Å². The summed E-state index contributed by atoms with van der Waals surface area (Å²) < 4.78 is 45.7. The number of aliphatic hydroxyl groups excluding tert-OH is 2. The number of imidazole rings is 1. The molecule has 0 aliphatic rings. The van der Waals surface area contributed by atoms with Crippen molar-refractivity contribution in [1.29, 1.82) is 0 Å². The second-order valence-electron chi connectivity index (χ2n) is 7.82. The van der Waals surface area contributed by atoms with Gasteiger partial charge < -0.3 is 29.4 Å². The molecule has 200 valence electrons. The molecule has 0 spiro atoms. The van der Waals surface area contributed by atoms with E-state index in [9.17, 15) is 28.6 Å². The van der Waals surface area contributed by atoms with Gasteiger partial charge in [0.15, 0.2) is 40.4 Å². The highest BCUT2D eigenvalue weighted by molar-refractivity contribution is 6.32. The third-order valence-electron chi connectivity index (χ3n) is 5.41. The van der Waals surface area contributed by atoms with Crippen LogP contribution in [0.15, 0.2) is 29.1 Å². The summed E-state index contributed by atoms with van der Waals surface area (Å²) in [4.78, 5) is 35.7. The number of nitrogens with one attached hydrogen (secondary N) is 1. The van der Waals surface area contributed by atoms with E-state index in [2.05, 4.69) is 15.0 Å². The number of halogens is 3. The number of nitrogens with zero attached hydrogens (tertiary/aromatic N) is 3. The van der Waals surface area contributed by atoms with Crippen molar-refractivity contribution < 1.29 is 38.0 Å². The van der Waals surface area contributed by atoms with Gasteiger partial charge in [0, 0.05) is 19.1 Å². The van der Waals surface area contributed by atoms with Crippen LogP contribution in [-0.2, 0) is 13.2 Å². The van der Waals surface area contributed by atoms with Crippen molar-refractivity contribution in [2.45, 2.75) is 20.1 Å². The smallest absolute Gasteiger partial charge is 0.332 e. The van der Waals surface area contributed by atoms with E-state index in [1.165, 1.54) is 32.2 Å². The lowest BCUT2D eigenvalue weighted by atomic mass is 10.2. The third kappa shape index (κ3) is 5.03. The van der Waals surface area contributed by atoms with Gasteiger partial charge in [-0.3, -0.25) is 4.79 Å². The molecule has 14 heteroatoms. The van der Waals surface area contributed by atoms with Crippen LogP contribution < -0.4 is 19.9 Å². The normalized spacial score (nSPS) is 11.1. The number of aromatic amines is 1. The molecule has 4 aromatic rings. The average molecular weight is 551 g/mol. The molecule has 4 rings (SSSR count). The molecule has 0 aliphatic heterocycles. The van der Waals surface area contributed by atoms with Crippen molar-refractivity contribution in [2.75, 3.05) is 20.3 Å². The van der Waals surface area contributed by atoms with Crippen molar-refractivity contribution in [1.82, 2.24) is 19.5 Å². The highest BCUT2D eigenvalue weighted by Gasteiger charge is 2.23. The number of benzene rings is 2. The largest absolute Gasteiger partial charge is 0.496 e. The second kappa shape index (κ2) is 11.1. The Morgan fingerprint density at radius 1 is 1.13 bits per heavy atom. The Labute approximate surface area is 218 Å². The van der Waals surface area contributed by atoms with E-state index in [-0.39, 0.29) is 69.4 Å². The van der Waals surface area contributed by atoms with Crippen molar-refractivity contribution in [3.05, 3.63) is 68.5 Å². The second-order valence-corrected chi connectivity index (χ2v) is 8.23. The number of methoxy groups -OCH3 is 1. The number of Topliss-reactive ketones (excluding diaryl/α,β-unsaturated/α-hetero) is 1. The zero-order valence-electron chi connectivity index (χ0n) is 20.0. The minimum Gasteiger partial charge on any atom is -0.496 e. The van der Waals surface area contributed by atoms with Gasteiger partial charge in [-0.05, 0) is 12.1 Å². The Morgan fingerprint density at radius 2 is 1.87 bits per heavy atom. The van der Waals surface area contributed by atoms with E-state index in [1.807, 2.05) is 0 Å². The number of aromatic nitrogens is 4. The number of fused-ring (bicyclic) bond motifs is 1. The van der Waals surface area contributed by atoms with E-state index < -0.39 is 36.3 Å². The van der Waals surface area contributed by atoms with E-state index in [0.717, 1.165) is 10.6 Å². The highest BCUT2D eigenvalue weighted by Crippen LogP contribution is 2.37. The van der Waals surface area contributed by atoms with Gasteiger partial charge in [0.1, 0.15) is 36.8 Å². The summed E-state index contributed by atoms with van der Waals surface area (Å²) in [5.74, 6) is -2.85. The molecule has 0 amide bonds. The lowest BCUT2D eigenvalue weighted by Gasteiger charge is -2.17. The van der Waals surface area contributed by atoms with Crippen LogP contribution in [0.25, 0.3) is 16.9 Å². The topological polar surface area (TPSA) is 149 Å². The van der Waals surface area contributed by atoms with Crippen LogP contribution in [-0.4, -0.2) is 55.8 Å². The zero-order chi connectivity index (χ0) is 27.6. The maximum Gasteiger partial charge on any atom is 0.332 e. The van der Waals surface area contributed by atoms with Gasteiger partial charge in [0.05, 0.1) is 30.0 Å². The predicted molar refractivity (Wildman–Crippen MR) is 130 cm³/mol. The number of hydrogen-bond donors (Lipinski definition) is 3. The zero-order valence-corrected chi connectivity index (χ0v) is 20.8. The first-order chi connectivity index (χ1) is 18.2. The van der Waals surface area contributed by atoms with Crippen molar-refractivity contribution in [3.63, 3.8) is 0 Å². The number of ketones is 1. The van der Waals surface area contributed by atoms with Crippen LogP contribution in [0.4, 0.5) is 8.78 Å². The van der Waals surface area contributed by atoms with E-state index in [4.69, 9.17) is 25.8 Å². The van der Waals surface area contributed by atoms with Crippen LogP contribution in [0.2, 0.25) is 5.02 Å². The molecule has 11 nitrogen and oxygen atoms in total. The molecule has 0 radical (unpaired) electrons. The van der Waals surface area contributed by atoms with Gasteiger partial charge >= 0.3 is 5.69 Å². The standard InChI is InChI=1S/C24H21ClF2N4O7/c1-11(34)21-22-23(29-19(9-33)28-21)31(24(35)30-22)15-8-18(17(7-13(15)25)37-6-5-32)38-10-12-16(36-2)4-3-14(26)20(12)27/h3-4,7-8,32-33H,5-6,9-10H2,1-2H3,(H,30,35). The number of carbonyl (C=O) groups is 1. The van der Waals surface area contributed by atoms with E-state index in [1.54, 1.807) is 0 Å². The number of H-pyrrole nitrogens is 1. The van der Waals surface area contributed by atoms with Gasteiger partial charge in [0.2, 0.25) is 0 Å². The lowest BCUT2D eigenvalue weighted by Crippen LogP contribution is -2.16. The SMILES string of the molecule is COc1ccc(F)c(F)c1COc1cc(-n2c(=O)[nH]c3c(C(C)=O)nc(CO)nc32)c(Cl)cc1OCCO.